The predicted octanol–water partition coefficient (Wildman–Crippen LogP) is 2.81. The van der Waals surface area contributed by atoms with Crippen LogP contribution < -0.4 is 25.4 Å². The van der Waals surface area contributed by atoms with Crippen molar-refractivity contribution in [3.8, 4) is 11.5 Å². The van der Waals surface area contributed by atoms with Crippen LogP contribution >= 0.6 is 0 Å². The molecule has 0 atom stereocenters. The average Bonchev–Trinajstić information content (AvgIpc) is 2.55. The zero-order valence-electron chi connectivity index (χ0n) is 13.5. The first-order chi connectivity index (χ1) is 11.6. The van der Waals surface area contributed by atoms with Crippen LogP contribution in [0.4, 0.5) is 16.2 Å². The number of carbonyl (C=O) groups excluding carboxylic acids is 2. The first-order valence-corrected chi connectivity index (χ1v) is 7.27. The van der Waals surface area contributed by atoms with Crippen molar-refractivity contribution in [2.24, 2.45) is 0 Å². The maximum absolute atomic E-state index is 11.9. The van der Waals surface area contributed by atoms with Crippen molar-refractivity contribution < 1.29 is 19.1 Å². The van der Waals surface area contributed by atoms with Gasteiger partial charge in [0.2, 0.25) is 5.91 Å². The standard InChI is InChI=1S/C17H19N3O4/c1-12(21)19-13-6-5-7-14(10-13)20-17(22)18-11-24-16-9-4-3-8-15(16)23-2/h3-10H,11H2,1-2H3,(H,19,21)(H2,18,20,22). The molecule has 0 aliphatic heterocycles. The van der Waals surface area contributed by atoms with Crippen LogP contribution in [0.25, 0.3) is 0 Å². The van der Waals surface area contributed by atoms with E-state index in [9.17, 15) is 9.59 Å². The number of amides is 3. The van der Waals surface area contributed by atoms with E-state index in [1.165, 1.54) is 6.92 Å². The quantitative estimate of drug-likeness (QED) is 0.711. The van der Waals surface area contributed by atoms with Crippen LogP contribution in [0.5, 0.6) is 11.5 Å². The van der Waals surface area contributed by atoms with Gasteiger partial charge in [-0.15, -0.1) is 0 Å². The van der Waals surface area contributed by atoms with Crippen LogP contribution in [0.2, 0.25) is 0 Å². The van der Waals surface area contributed by atoms with Crippen LogP contribution in [0.15, 0.2) is 48.5 Å². The predicted molar refractivity (Wildman–Crippen MR) is 91.4 cm³/mol. The molecule has 0 bridgehead atoms. The van der Waals surface area contributed by atoms with Crippen molar-refractivity contribution in [2.45, 2.75) is 6.92 Å². The normalized spacial score (nSPS) is 9.75. The molecule has 7 nitrogen and oxygen atoms in total. The second kappa shape index (κ2) is 8.42. The molecule has 0 fully saturated rings. The summed E-state index contributed by atoms with van der Waals surface area (Å²) in [4.78, 5) is 22.9. The van der Waals surface area contributed by atoms with Gasteiger partial charge in [0.15, 0.2) is 18.2 Å². The average molecular weight is 329 g/mol. The summed E-state index contributed by atoms with van der Waals surface area (Å²) < 4.78 is 10.6. The summed E-state index contributed by atoms with van der Waals surface area (Å²) in [5, 5.41) is 7.88. The second-order valence-corrected chi connectivity index (χ2v) is 4.83. The fourth-order valence-electron chi connectivity index (χ4n) is 1.97. The van der Waals surface area contributed by atoms with Gasteiger partial charge >= 0.3 is 6.03 Å². The Hall–Kier alpha value is -3.22. The molecule has 0 saturated heterocycles. The summed E-state index contributed by atoms with van der Waals surface area (Å²) in [5.74, 6) is 0.942. The molecule has 2 aromatic carbocycles. The monoisotopic (exact) mass is 329 g/mol. The third-order valence-electron chi connectivity index (χ3n) is 2.97. The Morgan fingerprint density at radius 3 is 2.29 bits per heavy atom. The van der Waals surface area contributed by atoms with Crippen LogP contribution in [-0.4, -0.2) is 25.8 Å². The van der Waals surface area contributed by atoms with Crippen LogP contribution in [0.1, 0.15) is 6.92 Å². The summed E-state index contributed by atoms with van der Waals surface area (Å²) in [6.07, 6.45) is 0. The Labute approximate surface area is 140 Å². The highest BCUT2D eigenvalue weighted by molar-refractivity contribution is 5.92. The van der Waals surface area contributed by atoms with E-state index < -0.39 is 6.03 Å². The number of anilines is 2. The van der Waals surface area contributed by atoms with Crippen molar-refractivity contribution in [1.82, 2.24) is 5.32 Å². The Balaban J connectivity index is 1.84. The molecular formula is C17H19N3O4. The molecule has 0 unspecified atom stereocenters. The molecule has 7 heteroatoms. The van der Waals surface area contributed by atoms with Crippen LogP contribution in [0, 0.1) is 0 Å². The van der Waals surface area contributed by atoms with Gasteiger partial charge in [-0.05, 0) is 30.3 Å². The van der Waals surface area contributed by atoms with Gasteiger partial charge in [-0.2, -0.15) is 0 Å². The smallest absolute Gasteiger partial charge is 0.321 e. The highest BCUT2D eigenvalue weighted by Gasteiger charge is 2.05. The fourth-order valence-corrected chi connectivity index (χ4v) is 1.97. The third kappa shape index (κ3) is 5.20. The van der Waals surface area contributed by atoms with Gasteiger partial charge in [-0.3, -0.25) is 4.79 Å². The van der Waals surface area contributed by atoms with E-state index in [0.29, 0.717) is 22.9 Å². The molecule has 24 heavy (non-hydrogen) atoms. The van der Waals surface area contributed by atoms with Crippen molar-refractivity contribution in [2.75, 3.05) is 24.5 Å². The highest BCUT2D eigenvalue weighted by Crippen LogP contribution is 2.25. The van der Waals surface area contributed by atoms with Gasteiger partial charge in [0.05, 0.1) is 7.11 Å². The minimum Gasteiger partial charge on any atom is -0.493 e. The summed E-state index contributed by atoms with van der Waals surface area (Å²) >= 11 is 0. The van der Waals surface area contributed by atoms with Crippen molar-refractivity contribution in [3.63, 3.8) is 0 Å². The van der Waals surface area contributed by atoms with Gasteiger partial charge in [-0.25, -0.2) is 4.79 Å². The molecule has 0 aromatic heterocycles. The van der Waals surface area contributed by atoms with Crippen LogP contribution in [0.3, 0.4) is 0 Å². The van der Waals surface area contributed by atoms with E-state index in [0.717, 1.165) is 0 Å². The number of para-hydroxylation sites is 2. The molecule has 126 valence electrons. The van der Waals surface area contributed by atoms with Crippen molar-refractivity contribution >= 4 is 23.3 Å². The SMILES string of the molecule is COc1ccccc1OCNC(=O)Nc1cccc(NC(C)=O)c1. The van der Waals surface area contributed by atoms with Gasteiger partial charge < -0.3 is 25.4 Å². The molecular weight excluding hydrogens is 310 g/mol. The lowest BCUT2D eigenvalue weighted by Crippen LogP contribution is -2.32. The summed E-state index contributed by atoms with van der Waals surface area (Å²) in [7, 11) is 1.55. The third-order valence-corrected chi connectivity index (χ3v) is 2.97. The molecule has 0 radical (unpaired) electrons. The molecule has 0 aliphatic carbocycles. The lowest BCUT2D eigenvalue weighted by Gasteiger charge is -2.12. The number of nitrogens with one attached hydrogen (secondary N) is 3. The fraction of sp³-hybridized carbons (Fsp3) is 0.176. The number of carbonyl (C=O) groups is 2. The minimum atomic E-state index is -0.426. The van der Waals surface area contributed by atoms with E-state index >= 15 is 0 Å². The molecule has 0 spiro atoms. The Morgan fingerprint density at radius 1 is 0.958 bits per heavy atom. The van der Waals surface area contributed by atoms with E-state index in [1.807, 2.05) is 12.1 Å². The number of hydrogen-bond donors (Lipinski definition) is 3. The number of hydrogen-bond acceptors (Lipinski definition) is 4. The molecule has 0 aliphatic rings. The summed E-state index contributed by atoms with van der Waals surface area (Å²) in [5.41, 5.74) is 1.15. The molecule has 3 amide bonds. The Kier molecular flexibility index (Phi) is 6.01. The van der Waals surface area contributed by atoms with Gasteiger partial charge in [-0.1, -0.05) is 18.2 Å². The highest BCUT2D eigenvalue weighted by atomic mass is 16.5. The van der Waals surface area contributed by atoms with E-state index in [2.05, 4.69) is 16.0 Å². The number of rotatable bonds is 6. The second-order valence-electron chi connectivity index (χ2n) is 4.83. The van der Waals surface area contributed by atoms with Crippen molar-refractivity contribution in [3.05, 3.63) is 48.5 Å². The Bertz CT molecular complexity index is 718. The number of ether oxygens (including phenoxy) is 2. The largest absolute Gasteiger partial charge is 0.493 e. The van der Waals surface area contributed by atoms with Gasteiger partial charge in [0.25, 0.3) is 0 Å². The molecule has 0 heterocycles. The summed E-state index contributed by atoms with van der Waals surface area (Å²) in [6, 6.07) is 13.6. The molecule has 3 N–H and O–H groups in total. The zero-order valence-corrected chi connectivity index (χ0v) is 13.5. The maximum atomic E-state index is 11.9. The van der Waals surface area contributed by atoms with E-state index in [-0.39, 0.29) is 12.6 Å². The van der Waals surface area contributed by atoms with Gasteiger partial charge in [0.1, 0.15) is 0 Å². The number of methoxy groups -OCH3 is 1. The maximum Gasteiger partial charge on any atom is 0.321 e. The lowest BCUT2D eigenvalue weighted by molar-refractivity contribution is -0.114. The van der Waals surface area contributed by atoms with E-state index in [1.54, 1.807) is 43.5 Å². The van der Waals surface area contributed by atoms with Crippen molar-refractivity contribution in [1.29, 1.82) is 0 Å². The lowest BCUT2D eigenvalue weighted by atomic mass is 10.3. The topological polar surface area (TPSA) is 88.7 Å². The molecule has 0 saturated carbocycles. The first-order valence-electron chi connectivity index (χ1n) is 7.27. The molecule has 2 aromatic rings. The minimum absolute atomic E-state index is 0.0163. The molecule has 2 rings (SSSR count). The first kappa shape index (κ1) is 17.1. The summed E-state index contributed by atoms with van der Waals surface area (Å²) in [6.45, 7) is 1.40. The zero-order chi connectivity index (χ0) is 17.4. The number of benzene rings is 2. The Morgan fingerprint density at radius 2 is 1.62 bits per heavy atom. The van der Waals surface area contributed by atoms with Gasteiger partial charge in [0, 0.05) is 18.3 Å². The van der Waals surface area contributed by atoms with E-state index in [4.69, 9.17) is 9.47 Å². The number of urea groups is 1. The van der Waals surface area contributed by atoms with Crippen LogP contribution in [-0.2, 0) is 4.79 Å².